The van der Waals surface area contributed by atoms with Gasteiger partial charge in [0.25, 0.3) is 0 Å². The third-order valence-electron chi connectivity index (χ3n) is 3.53. The summed E-state index contributed by atoms with van der Waals surface area (Å²) in [4.78, 5) is 12.3. The molecular weight excluding hydrogens is 348 g/mol. The van der Waals surface area contributed by atoms with Crippen molar-refractivity contribution in [3.8, 4) is 0 Å². The number of sulfonamides is 1. The molecule has 0 unspecified atom stereocenters. The molecule has 0 aliphatic rings. The Morgan fingerprint density at radius 1 is 1.12 bits per heavy atom. The van der Waals surface area contributed by atoms with Gasteiger partial charge in [-0.1, -0.05) is 35.9 Å². The Balaban J connectivity index is 2.22. The van der Waals surface area contributed by atoms with E-state index in [4.69, 9.17) is 11.6 Å². The first-order chi connectivity index (χ1) is 11.2. The van der Waals surface area contributed by atoms with Crippen molar-refractivity contribution in [1.82, 2.24) is 0 Å². The predicted molar refractivity (Wildman–Crippen MR) is 98.2 cm³/mol. The average molecular weight is 367 g/mol. The Morgan fingerprint density at radius 3 is 2.38 bits per heavy atom. The molecule has 2 aromatic carbocycles. The third kappa shape index (κ3) is 4.49. The molecule has 0 aliphatic heterocycles. The molecule has 2 aromatic rings. The van der Waals surface area contributed by atoms with Crippen LogP contribution in [0.5, 0.6) is 0 Å². The number of aryl methyl sites for hydroxylation is 2. The standard InChI is InChI=1S/C17H19ClN2O3S/c1-12-8-9-14(10-15(12)18)19-17(21)11-20(24(3,22)23)16-7-5-4-6-13(16)2/h4-10H,11H2,1-3H3,(H,19,21). The molecule has 128 valence electrons. The normalized spacial score (nSPS) is 11.2. The number of carbonyl (C=O) groups excluding carboxylic acids is 1. The van der Waals surface area contributed by atoms with E-state index in [-0.39, 0.29) is 6.54 Å². The molecule has 0 spiro atoms. The Hall–Kier alpha value is -2.05. The quantitative estimate of drug-likeness (QED) is 0.882. The summed E-state index contributed by atoms with van der Waals surface area (Å²) < 4.78 is 25.3. The molecule has 5 nitrogen and oxygen atoms in total. The molecule has 0 heterocycles. The van der Waals surface area contributed by atoms with Crippen LogP contribution in [0.25, 0.3) is 0 Å². The second kappa shape index (κ2) is 7.23. The number of nitrogens with zero attached hydrogens (tertiary/aromatic N) is 1. The Labute approximate surface area is 147 Å². The van der Waals surface area contributed by atoms with Crippen LogP contribution in [0, 0.1) is 13.8 Å². The minimum Gasteiger partial charge on any atom is -0.324 e. The highest BCUT2D eigenvalue weighted by Crippen LogP contribution is 2.23. The van der Waals surface area contributed by atoms with Gasteiger partial charge in [0.05, 0.1) is 11.9 Å². The molecule has 1 amide bonds. The van der Waals surface area contributed by atoms with Crippen molar-refractivity contribution in [3.63, 3.8) is 0 Å². The van der Waals surface area contributed by atoms with Gasteiger partial charge < -0.3 is 5.32 Å². The molecule has 1 N–H and O–H groups in total. The summed E-state index contributed by atoms with van der Waals surface area (Å²) in [5.41, 5.74) is 2.67. The summed E-state index contributed by atoms with van der Waals surface area (Å²) >= 11 is 6.03. The Morgan fingerprint density at radius 2 is 1.79 bits per heavy atom. The van der Waals surface area contributed by atoms with Crippen LogP contribution < -0.4 is 9.62 Å². The minimum absolute atomic E-state index is 0.310. The molecule has 0 radical (unpaired) electrons. The number of anilines is 2. The first-order valence-electron chi connectivity index (χ1n) is 7.28. The lowest BCUT2D eigenvalue weighted by atomic mass is 10.2. The average Bonchev–Trinajstić information content (AvgIpc) is 2.48. The Kier molecular flexibility index (Phi) is 5.51. The van der Waals surface area contributed by atoms with Gasteiger partial charge in [0.1, 0.15) is 6.54 Å². The number of hydrogen-bond donors (Lipinski definition) is 1. The van der Waals surface area contributed by atoms with Gasteiger partial charge >= 0.3 is 0 Å². The van der Waals surface area contributed by atoms with E-state index < -0.39 is 15.9 Å². The molecule has 24 heavy (non-hydrogen) atoms. The van der Waals surface area contributed by atoms with Crippen LogP contribution in [-0.2, 0) is 14.8 Å². The van der Waals surface area contributed by atoms with Gasteiger partial charge in [-0.25, -0.2) is 8.42 Å². The van der Waals surface area contributed by atoms with Gasteiger partial charge in [-0.05, 0) is 43.2 Å². The molecule has 0 bridgehead atoms. The first kappa shape index (κ1) is 18.3. The van der Waals surface area contributed by atoms with Gasteiger partial charge in [0.15, 0.2) is 0 Å². The Bertz CT molecular complexity index is 866. The van der Waals surface area contributed by atoms with E-state index in [2.05, 4.69) is 5.32 Å². The second-order valence-electron chi connectivity index (χ2n) is 5.57. The van der Waals surface area contributed by atoms with Crippen LogP contribution in [0.15, 0.2) is 42.5 Å². The second-order valence-corrected chi connectivity index (χ2v) is 7.88. The summed E-state index contributed by atoms with van der Waals surface area (Å²) in [7, 11) is -3.60. The van der Waals surface area contributed by atoms with Crippen molar-refractivity contribution in [1.29, 1.82) is 0 Å². The fourth-order valence-corrected chi connectivity index (χ4v) is 3.32. The number of amides is 1. The maximum absolute atomic E-state index is 12.3. The monoisotopic (exact) mass is 366 g/mol. The fourth-order valence-electron chi connectivity index (χ4n) is 2.23. The molecule has 0 saturated heterocycles. The molecule has 0 fully saturated rings. The van der Waals surface area contributed by atoms with E-state index in [1.165, 1.54) is 0 Å². The van der Waals surface area contributed by atoms with Crippen molar-refractivity contribution in [2.75, 3.05) is 22.4 Å². The van der Waals surface area contributed by atoms with Crippen LogP contribution in [-0.4, -0.2) is 27.1 Å². The topological polar surface area (TPSA) is 66.5 Å². The maximum Gasteiger partial charge on any atom is 0.245 e. The first-order valence-corrected chi connectivity index (χ1v) is 9.50. The lowest BCUT2D eigenvalue weighted by Crippen LogP contribution is -2.37. The minimum atomic E-state index is -3.60. The largest absolute Gasteiger partial charge is 0.324 e. The lowest BCUT2D eigenvalue weighted by Gasteiger charge is -2.23. The fraction of sp³-hybridized carbons (Fsp3) is 0.235. The van der Waals surface area contributed by atoms with E-state index in [0.29, 0.717) is 16.4 Å². The predicted octanol–water partition coefficient (Wildman–Crippen LogP) is 3.36. The smallest absolute Gasteiger partial charge is 0.245 e. The summed E-state index contributed by atoms with van der Waals surface area (Å²) in [6.07, 6.45) is 1.08. The van der Waals surface area contributed by atoms with Crippen molar-refractivity contribution in [2.45, 2.75) is 13.8 Å². The molecular formula is C17H19ClN2O3S. The van der Waals surface area contributed by atoms with Crippen molar-refractivity contribution in [2.24, 2.45) is 0 Å². The number of benzene rings is 2. The van der Waals surface area contributed by atoms with Crippen molar-refractivity contribution < 1.29 is 13.2 Å². The van der Waals surface area contributed by atoms with Crippen LogP contribution in [0.2, 0.25) is 5.02 Å². The molecule has 7 heteroatoms. The van der Waals surface area contributed by atoms with Crippen LogP contribution in [0.4, 0.5) is 11.4 Å². The molecule has 2 rings (SSSR count). The number of halogens is 1. The van der Waals surface area contributed by atoms with Gasteiger partial charge in [-0.3, -0.25) is 9.10 Å². The molecule has 0 aliphatic carbocycles. The van der Waals surface area contributed by atoms with Crippen molar-refractivity contribution in [3.05, 3.63) is 58.6 Å². The summed E-state index contributed by atoms with van der Waals surface area (Å²) in [5, 5.41) is 3.21. The van der Waals surface area contributed by atoms with Gasteiger partial charge in [0.2, 0.25) is 15.9 Å². The highest BCUT2D eigenvalue weighted by Gasteiger charge is 2.22. The van der Waals surface area contributed by atoms with E-state index in [1.54, 1.807) is 43.3 Å². The van der Waals surface area contributed by atoms with Gasteiger partial charge in [-0.15, -0.1) is 0 Å². The van der Waals surface area contributed by atoms with Gasteiger partial charge in [-0.2, -0.15) is 0 Å². The van der Waals surface area contributed by atoms with Crippen LogP contribution >= 0.6 is 11.6 Å². The zero-order valence-electron chi connectivity index (χ0n) is 13.7. The summed E-state index contributed by atoms with van der Waals surface area (Å²) in [6.45, 7) is 3.35. The molecule has 0 atom stereocenters. The summed E-state index contributed by atoms with van der Waals surface area (Å²) in [6, 6.07) is 12.2. The lowest BCUT2D eigenvalue weighted by molar-refractivity contribution is -0.114. The molecule has 0 saturated carbocycles. The van der Waals surface area contributed by atoms with E-state index >= 15 is 0 Å². The third-order valence-corrected chi connectivity index (χ3v) is 5.06. The number of hydrogen-bond acceptors (Lipinski definition) is 3. The van der Waals surface area contributed by atoms with Crippen molar-refractivity contribution >= 4 is 38.9 Å². The zero-order valence-corrected chi connectivity index (χ0v) is 15.3. The number of carbonyl (C=O) groups is 1. The summed E-state index contributed by atoms with van der Waals surface area (Å²) in [5.74, 6) is -0.441. The highest BCUT2D eigenvalue weighted by molar-refractivity contribution is 7.92. The van der Waals surface area contributed by atoms with E-state index in [9.17, 15) is 13.2 Å². The maximum atomic E-state index is 12.3. The number of rotatable bonds is 5. The van der Waals surface area contributed by atoms with Gasteiger partial charge in [0, 0.05) is 10.7 Å². The molecule has 0 aromatic heterocycles. The zero-order chi connectivity index (χ0) is 17.9. The van der Waals surface area contributed by atoms with Crippen LogP contribution in [0.3, 0.4) is 0 Å². The number of nitrogens with one attached hydrogen (secondary N) is 1. The SMILES string of the molecule is Cc1ccc(NC(=O)CN(c2ccccc2C)S(C)(=O)=O)cc1Cl. The number of para-hydroxylation sites is 1. The van der Waals surface area contributed by atoms with Crippen LogP contribution in [0.1, 0.15) is 11.1 Å². The van der Waals surface area contributed by atoms with E-state index in [1.807, 2.05) is 13.0 Å². The highest BCUT2D eigenvalue weighted by atomic mass is 35.5. The van der Waals surface area contributed by atoms with E-state index in [0.717, 1.165) is 21.7 Å².